The lowest BCUT2D eigenvalue weighted by Gasteiger charge is -2.43. The number of hydrogen-bond donors (Lipinski definition) is 1. The smallest absolute Gasteiger partial charge is 0.0700 e. The zero-order valence-corrected chi connectivity index (χ0v) is 9.88. The molecule has 0 radical (unpaired) electrons. The SMILES string of the molecule is CS1(CNCC2CCCO2)CCS1. The fraction of sp³-hybridized carbons (Fsp3) is 1.00. The van der Waals surface area contributed by atoms with Crippen LogP contribution in [0, 0.1) is 0 Å². The zero-order valence-electron chi connectivity index (χ0n) is 8.25. The lowest BCUT2D eigenvalue weighted by atomic mass is 10.2. The van der Waals surface area contributed by atoms with Gasteiger partial charge in [-0.1, -0.05) is 0 Å². The van der Waals surface area contributed by atoms with E-state index in [0.717, 1.165) is 13.2 Å². The van der Waals surface area contributed by atoms with Gasteiger partial charge >= 0.3 is 0 Å². The van der Waals surface area contributed by atoms with E-state index in [-0.39, 0.29) is 9.06 Å². The van der Waals surface area contributed by atoms with Crippen molar-refractivity contribution >= 4 is 19.9 Å². The van der Waals surface area contributed by atoms with Crippen LogP contribution in [0.1, 0.15) is 12.8 Å². The van der Waals surface area contributed by atoms with E-state index in [4.69, 9.17) is 4.74 Å². The Hall–Kier alpha value is 0.620. The first kappa shape index (κ1) is 10.1. The summed E-state index contributed by atoms with van der Waals surface area (Å²) >= 11 is 0. The summed E-state index contributed by atoms with van der Waals surface area (Å²) in [5.74, 6) is 4.07. The van der Waals surface area contributed by atoms with Gasteiger partial charge in [-0.05, 0) is 24.9 Å². The average molecular weight is 221 g/mol. The van der Waals surface area contributed by atoms with Crippen LogP contribution in [0.5, 0.6) is 0 Å². The summed E-state index contributed by atoms with van der Waals surface area (Å²) in [6, 6.07) is 0. The normalized spacial score (nSPS) is 43.9. The fourth-order valence-corrected chi connectivity index (χ4v) is 5.94. The number of ether oxygens (including phenoxy) is 1. The zero-order chi connectivity index (χ0) is 9.15. The van der Waals surface area contributed by atoms with Crippen LogP contribution >= 0.6 is 19.9 Å². The highest BCUT2D eigenvalue weighted by molar-refractivity contribution is 8.96. The summed E-state index contributed by atoms with van der Waals surface area (Å²) in [6.07, 6.45) is 5.45. The molecule has 2 unspecified atom stereocenters. The molecule has 0 aliphatic carbocycles. The molecule has 2 aliphatic heterocycles. The average Bonchev–Trinajstić information content (AvgIpc) is 2.54. The van der Waals surface area contributed by atoms with Crippen LogP contribution in [0.2, 0.25) is 0 Å². The topological polar surface area (TPSA) is 21.3 Å². The lowest BCUT2D eigenvalue weighted by molar-refractivity contribution is 0.111. The van der Waals surface area contributed by atoms with E-state index >= 15 is 0 Å². The number of hydrogen-bond acceptors (Lipinski definition) is 3. The molecule has 2 fully saturated rings. The van der Waals surface area contributed by atoms with Gasteiger partial charge in [-0.2, -0.15) is 9.06 Å². The highest BCUT2D eigenvalue weighted by Crippen LogP contribution is 2.63. The van der Waals surface area contributed by atoms with Crippen LogP contribution in [0.25, 0.3) is 0 Å². The van der Waals surface area contributed by atoms with E-state index in [1.165, 1.54) is 30.2 Å². The fourth-order valence-electron chi connectivity index (χ4n) is 1.72. The molecule has 2 atom stereocenters. The Morgan fingerprint density at radius 1 is 1.62 bits per heavy atom. The Balaban J connectivity index is 1.57. The van der Waals surface area contributed by atoms with E-state index in [9.17, 15) is 0 Å². The summed E-state index contributed by atoms with van der Waals surface area (Å²) in [6.45, 7) is 2.05. The third-order valence-electron chi connectivity index (χ3n) is 2.69. The predicted molar refractivity (Wildman–Crippen MR) is 62.7 cm³/mol. The minimum Gasteiger partial charge on any atom is -0.377 e. The summed E-state index contributed by atoms with van der Waals surface area (Å²) in [5, 5.41) is 3.56. The molecule has 0 saturated carbocycles. The quantitative estimate of drug-likeness (QED) is 0.732. The molecule has 2 heterocycles. The van der Waals surface area contributed by atoms with E-state index in [0.29, 0.717) is 6.10 Å². The van der Waals surface area contributed by atoms with Gasteiger partial charge in [0.25, 0.3) is 0 Å². The Morgan fingerprint density at radius 2 is 2.46 bits per heavy atom. The molecule has 0 bridgehead atoms. The minimum atomic E-state index is -0.281. The number of rotatable bonds is 4. The van der Waals surface area contributed by atoms with E-state index < -0.39 is 0 Å². The second-order valence-electron chi connectivity index (χ2n) is 3.94. The van der Waals surface area contributed by atoms with Gasteiger partial charge in [-0.25, -0.2) is 0 Å². The first-order valence-corrected chi connectivity index (χ1v) is 8.87. The first-order chi connectivity index (χ1) is 6.29. The second kappa shape index (κ2) is 4.43. The van der Waals surface area contributed by atoms with E-state index in [1.807, 2.05) is 0 Å². The van der Waals surface area contributed by atoms with Crippen LogP contribution in [0.15, 0.2) is 0 Å². The Labute approximate surface area is 85.9 Å². The minimum absolute atomic E-state index is 0.281. The largest absolute Gasteiger partial charge is 0.377 e. The van der Waals surface area contributed by atoms with E-state index in [2.05, 4.69) is 22.4 Å². The molecule has 13 heavy (non-hydrogen) atoms. The molecule has 2 rings (SSSR count). The Kier molecular flexibility index (Phi) is 3.46. The maximum Gasteiger partial charge on any atom is 0.0700 e. The molecule has 1 N–H and O–H groups in total. The maximum atomic E-state index is 5.56. The van der Waals surface area contributed by atoms with Gasteiger partial charge in [0.1, 0.15) is 0 Å². The second-order valence-corrected chi connectivity index (χ2v) is 10.8. The van der Waals surface area contributed by atoms with Crippen molar-refractivity contribution < 1.29 is 4.74 Å². The molecule has 0 spiro atoms. The van der Waals surface area contributed by atoms with Crippen LogP contribution in [-0.4, -0.2) is 42.9 Å². The van der Waals surface area contributed by atoms with Crippen molar-refractivity contribution in [2.45, 2.75) is 18.9 Å². The molecular formula is C9H19NOS2. The molecule has 78 valence electrons. The molecule has 0 aromatic rings. The predicted octanol–water partition coefficient (Wildman–Crippen LogP) is 1.81. The number of nitrogens with one attached hydrogen (secondary N) is 1. The van der Waals surface area contributed by atoms with Crippen molar-refractivity contribution in [3.63, 3.8) is 0 Å². The first-order valence-electron chi connectivity index (χ1n) is 4.99. The van der Waals surface area contributed by atoms with Crippen LogP contribution in [0.4, 0.5) is 0 Å². The molecule has 2 nitrogen and oxygen atoms in total. The van der Waals surface area contributed by atoms with Crippen molar-refractivity contribution in [3.05, 3.63) is 0 Å². The van der Waals surface area contributed by atoms with Gasteiger partial charge in [0, 0.05) is 24.8 Å². The van der Waals surface area contributed by atoms with Gasteiger partial charge in [-0.3, -0.25) is 0 Å². The molecule has 2 aliphatic rings. The van der Waals surface area contributed by atoms with Crippen molar-refractivity contribution in [2.75, 3.05) is 36.8 Å². The van der Waals surface area contributed by atoms with Crippen molar-refractivity contribution in [1.82, 2.24) is 5.32 Å². The summed E-state index contributed by atoms with van der Waals surface area (Å²) < 4.78 is 5.56. The molecular weight excluding hydrogens is 202 g/mol. The van der Waals surface area contributed by atoms with Gasteiger partial charge in [0.05, 0.1) is 6.10 Å². The third-order valence-corrected chi connectivity index (χ3v) is 8.83. The summed E-state index contributed by atoms with van der Waals surface area (Å²) in [4.78, 5) is 0. The van der Waals surface area contributed by atoms with Crippen LogP contribution < -0.4 is 5.32 Å². The highest BCUT2D eigenvalue weighted by Gasteiger charge is 2.27. The summed E-state index contributed by atoms with van der Waals surface area (Å²) in [5.41, 5.74) is 0. The van der Waals surface area contributed by atoms with Gasteiger partial charge in [-0.15, -0.1) is 10.8 Å². The molecule has 4 heteroatoms. The lowest BCUT2D eigenvalue weighted by Crippen LogP contribution is -2.32. The molecule has 2 saturated heterocycles. The Bertz CT molecular complexity index is 167. The van der Waals surface area contributed by atoms with Crippen LogP contribution in [0.3, 0.4) is 0 Å². The molecule has 0 aromatic heterocycles. The van der Waals surface area contributed by atoms with Gasteiger partial charge in [0.15, 0.2) is 0 Å². The van der Waals surface area contributed by atoms with Crippen molar-refractivity contribution in [2.24, 2.45) is 0 Å². The molecule has 0 aromatic carbocycles. The maximum absolute atomic E-state index is 5.56. The Morgan fingerprint density at radius 3 is 3.00 bits per heavy atom. The highest BCUT2D eigenvalue weighted by atomic mass is 33.2. The van der Waals surface area contributed by atoms with Gasteiger partial charge < -0.3 is 10.1 Å². The molecule has 0 amide bonds. The van der Waals surface area contributed by atoms with Crippen molar-refractivity contribution in [1.29, 1.82) is 0 Å². The van der Waals surface area contributed by atoms with Crippen molar-refractivity contribution in [3.8, 4) is 0 Å². The van der Waals surface area contributed by atoms with E-state index in [1.54, 1.807) is 0 Å². The monoisotopic (exact) mass is 221 g/mol. The standard InChI is InChI=1S/C9H19NOS2/c1-13(6-5-12-13)8-10-7-9-3-2-4-11-9/h9-10H,2-8H2,1H3. The van der Waals surface area contributed by atoms with Gasteiger partial charge in [0.2, 0.25) is 0 Å². The summed E-state index contributed by atoms with van der Waals surface area (Å²) in [7, 11) is 1.89. The third kappa shape index (κ3) is 2.78. The van der Waals surface area contributed by atoms with Crippen LogP contribution in [-0.2, 0) is 4.74 Å².